The lowest BCUT2D eigenvalue weighted by Gasteiger charge is -2.31. The zero-order valence-corrected chi connectivity index (χ0v) is 12.5. The van der Waals surface area contributed by atoms with E-state index in [0.29, 0.717) is 11.6 Å². The van der Waals surface area contributed by atoms with E-state index in [-0.39, 0.29) is 18.5 Å². The van der Waals surface area contributed by atoms with E-state index in [9.17, 15) is 9.59 Å². The van der Waals surface area contributed by atoms with Crippen LogP contribution in [0.4, 0.5) is 5.69 Å². The first-order valence-corrected chi connectivity index (χ1v) is 7.30. The van der Waals surface area contributed by atoms with Crippen LogP contribution in [0, 0.1) is 12.8 Å². The van der Waals surface area contributed by atoms with Gasteiger partial charge in [0.25, 0.3) is 0 Å². The molecule has 0 saturated carbocycles. The summed E-state index contributed by atoms with van der Waals surface area (Å²) in [6, 6.07) is 7.06. The Hall–Kier alpha value is -1.88. The third-order valence-corrected chi connectivity index (χ3v) is 3.87. The fourth-order valence-corrected chi connectivity index (χ4v) is 2.64. The van der Waals surface area contributed by atoms with Gasteiger partial charge in [0.05, 0.1) is 6.04 Å². The number of carbonyl (C=O) groups excluding carboxylic acids is 1. The van der Waals surface area contributed by atoms with Crippen molar-refractivity contribution < 1.29 is 14.7 Å². The first kappa shape index (κ1) is 15.5. The average molecular weight is 290 g/mol. The van der Waals surface area contributed by atoms with Crippen LogP contribution in [-0.2, 0) is 9.59 Å². The molecule has 0 aliphatic carbocycles. The Morgan fingerprint density at radius 2 is 2.00 bits per heavy atom. The summed E-state index contributed by atoms with van der Waals surface area (Å²) >= 11 is 0. The number of carboxylic acid groups (broad SMARTS) is 1. The van der Waals surface area contributed by atoms with Gasteiger partial charge in [-0.25, -0.2) is 0 Å². The molecule has 2 rings (SSSR count). The van der Waals surface area contributed by atoms with E-state index < -0.39 is 5.97 Å². The molecule has 1 fully saturated rings. The van der Waals surface area contributed by atoms with Crippen molar-refractivity contribution in [1.82, 2.24) is 5.32 Å². The SMILES string of the molecule is Cc1ccc(N(CC(=O)O)C(=O)C2CC(C)CCN2)cc1. The molecular formula is C16H22N2O3. The zero-order valence-electron chi connectivity index (χ0n) is 12.5. The number of amides is 1. The Labute approximate surface area is 125 Å². The molecule has 2 N–H and O–H groups in total. The summed E-state index contributed by atoms with van der Waals surface area (Å²) in [7, 11) is 0. The van der Waals surface area contributed by atoms with Crippen LogP contribution in [-0.4, -0.2) is 36.1 Å². The molecule has 0 aromatic heterocycles. The van der Waals surface area contributed by atoms with Gasteiger partial charge in [0, 0.05) is 5.69 Å². The normalized spacial score (nSPS) is 21.8. The molecule has 21 heavy (non-hydrogen) atoms. The van der Waals surface area contributed by atoms with Crippen molar-refractivity contribution in [2.24, 2.45) is 5.92 Å². The van der Waals surface area contributed by atoms with E-state index in [4.69, 9.17) is 5.11 Å². The van der Waals surface area contributed by atoms with Gasteiger partial charge in [-0.1, -0.05) is 24.6 Å². The molecule has 1 aliphatic rings. The number of aryl methyl sites for hydroxylation is 1. The van der Waals surface area contributed by atoms with Crippen LogP contribution in [0.3, 0.4) is 0 Å². The Balaban J connectivity index is 2.20. The van der Waals surface area contributed by atoms with Crippen LogP contribution in [0.1, 0.15) is 25.3 Å². The second-order valence-electron chi connectivity index (χ2n) is 5.79. The molecule has 2 atom stereocenters. The van der Waals surface area contributed by atoms with Crippen LogP contribution >= 0.6 is 0 Å². The van der Waals surface area contributed by atoms with Gasteiger partial charge < -0.3 is 10.4 Å². The quantitative estimate of drug-likeness (QED) is 0.887. The highest BCUT2D eigenvalue weighted by Crippen LogP contribution is 2.21. The second-order valence-corrected chi connectivity index (χ2v) is 5.79. The third-order valence-electron chi connectivity index (χ3n) is 3.87. The van der Waals surface area contributed by atoms with Crippen LogP contribution < -0.4 is 10.2 Å². The van der Waals surface area contributed by atoms with Crippen molar-refractivity contribution in [1.29, 1.82) is 0 Å². The zero-order chi connectivity index (χ0) is 15.4. The number of carbonyl (C=O) groups is 2. The van der Waals surface area contributed by atoms with Gasteiger partial charge in [-0.05, 0) is 44.4 Å². The largest absolute Gasteiger partial charge is 0.480 e. The summed E-state index contributed by atoms with van der Waals surface area (Å²) in [5, 5.41) is 12.3. The Bertz CT molecular complexity index is 513. The van der Waals surface area contributed by atoms with Gasteiger partial charge in [-0.2, -0.15) is 0 Å². The Morgan fingerprint density at radius 3 is 2.57 bits per heavy atom. The van der Waals surface area contributed by atoms with Crippen molar-refractivity contribution >= 4 is 17.6 Å². The lowest BCUT2D eigenvalue weighted by Crippen LogP contribution is -2.51. The van der Waals surface area contributed by atoms with E-state index >= 15 is 0 Å². The number of benzene rings is 1. The van der Waals surface area contributed by atoms with Crippen molar-refractivity contribution in [3.05, 3.63) is 29.8 Å². The molecule has 5 nitrogen and oxygen atoms in total. The summed E-state index contributed by atoms with van der Waals surface area (Å²) in [6.07, 6.45) is 1.80. The Kier molecular flexibility index (Phi) is 4.96. The summed E-state index contributed by atoms with van der Waals surface area (Å²) in [5.41, 5.74) is 1.71. The lowest BCUT2D eigenvalue weighted by atomic mass is 9.93. The molecule has 0 spiro atoms. The third kappa shape index (κ3) is 4.04. The van der Waals surface area contributed by atoms with Gasteiger partial charge in [-0.3, -0.25) is 14.5 Å². The highest BCUT2D eigenvalue weighted by molar-refractivity contribution is 6.00. The number of hydrogen-bond acceptors (Lipinski definition) is 3. The number of carboxylic acids is 1. The maximum atomic E-state index is 12.7. The molecule has 1 aliphatic heterocycles. The first-order valence-electron chi connectivity index (χ1n) is 7.30. The van der Waals surface area contributed by atoms with E-state index in [1.54, 1.807) is 12.1 Å². The summed E-state index contributed by atoms with van der Waals surface area (Å²) in [4.78, 5) is 25.1. The maximum Gasteiger partial charge on any atom is 0.323 e. The van der Waals surface area contributed by atoms with Crippen molar-refractivity contribution in [3.63, 3.8) is 0 Å². The number of rotatable bonds is 4. The molecule has 1 heterocycles. The minimum atomic E-state index is -1.01. The van der Waals surface area contributed by atoms with Gasteiger partial charge in [-0.15, -0.1) is 0 Å². The Morgan fingerprint density at radius 1 is 1.33 bits per heavy atom. The molecular weight excluding hydrogens is 268 g/mol. The second kappa shape index (κ2) is 6.72. The average Bonchev–Trinajstić information content (AvgIpc) is 2.45. The topological polar surface area (TPSA) is 69.6 Å². The molecule has 0 radical (unpaired) electrons. The van der Waals surface area contributed by atoms with Gasteiger partial charge >= 0.3 is 5.97 Å². The lowest BCUT2D eigenvalue weighted by molar-refractivity contribution is -0.137. The van der Waals surface area contributed by atoms with E-state index in [1.165, 1.54) is 4.90 Å². The highest BCUT2D eigenvalue weighted by atomic mass is 16.4. The molecule has 1 amide bonds. The van der Waals surface area contributed by atoms with Crippen LogP contribution in [0.15, 0.2) is 24.3 Å². The number of hydrogen-bond donors (Lipinski definition) is 2. The number of piperidine rings is 1. The van der Waals surface area contributed by atoms with Crippen LogP contribution in [0.5, 0.6) is 0 Å². The number of nitrogens with zero attached hydrogens (tertiary/aromatic N) is 1. The van der Waals surface area contributed by atoms with Crippen molar-refractivity contribution in [2.75, 3.05) is 18.0 Å². The molecule has 1 aromatic rings. The predicted octanol–water partition coefficient (Wildman–Crippen LogP) is 1.80. The molecule has 0 bridgehead atoms. The molecule has 2 unspecified atom stereocenters. The molecule has 1 aromatic carbocycles. The summed E-state index contributed by atoms with van der Waals surface area (Å²) < 4.78 is 0. The van der Waals surface area contributed by atoms with Crippen molar-refractivity contribution in [2.45, 2.75) is 32.7 Å². The van der Waals surface area contributed by atoms with Crippen molar-refractivity contribution in [3.8, 4) is 0 Å². The van der Waals surface area contributed by atoms with Gasteiger partial charge in [0.2, 0.25) is 5.91 Å². The van der Waals surface area contributed by atoms with E-state index in [1.807, 2.05) is 19.1 Å². The smallest absolute Gasteiger partial charge is 0.323 e. The van der Waals surface area contributed by atoms with Gasteiger partial charge in [0.15, 0.2) is 0 Å². The summed E-state index contributed by atoms with van der Waals surface area (Å²) in [6.45, 7) is 4.56. The molecule has 114 valence electrons. The van der Waals surface area contributed by atoms with Crippen LogP contribution in [0.2, 0.25) is 0 Å². The molecule has 1 saturated heterocycles. The number of aliphatic carboxylic acids is 1. The number of nitrogens with one attached hydrogen (secondary N) is 1. The fraction of sp³-hybridized carbons (Fsp3) is 0.500. The first-order chi connectivity index (χ1) is 9.97. The number of anilines is 1. The monoisotopic (exact) mass is 290 g/mol. The van der Waals surface area contributed by atoms with Crippen LogP contribution in [0.25, 0.3) is 0 Å². The highest BCUT2D eigenvalue weighted by Gasteiger charge is 2.30. The molecule has 5 heteroatoms. The predicted molar refractivity (Wildman–Crippen MR) is 81.4 cm³/mol. The maximum absolute atomic E-state index is 12.7. The minimum absolute atomic E-state index is 0.159. The minimum Gasteiger partial charge on any atom is -0.480 e. The van der Waals surface area contributed by atoms with Gasteiger partial charge in [0.1, 0.15) is 6.54 Å². The fourth-order valence-electron chi connectivity index (χ4n) is 2.64. The van der Waals surface area contributed by atoms with E-state index in [2.05, 4.69) is 12.2 Å². The van der Waals surface area contributed by atoms with E-state index in [0.717, 1.165) is 24.9 Å². The standard InChI is InChI=1S/C16H22N2O3/c1-11-3-5-13(6-4-11)18(10-15(19)20)16(21)14-9-12(2)7-8-17-14/h3-6,12,14,17H,7-10H2,1-2H3,(H,19,20). The summed E-state index contributed by atoms with van der Waals surface area (Å²) in [5.74, 6) is -0.689.